The number of hydrogen-bond acceptors (Lipinski definition) is 8. The Bertz CT molecular complexity index is 1350. The highest BCUT2D eigenvalue weighted by atomic mass is 16.6. The van der Waals surface area contributed by atoms with Gasteiger partial charge in [0.05, 0.1) is 39.7 Å². The van der Waals surface area contributed by atoms with E-state index in [4.69, 9.17) is 4.74 Å². The van der Waals surface area contributed by atoms with E-state index in [1.54, 1.807) is 30.3 Å². The summed E-state index contributed by atoms with van der Waals surface area (Å²) in [6, 6.07) is 15.3. The van der Waals surface area contributed by atoms with Gasteiger partial charge in [0.15, 0.2) is 0 Å². The molecule has 0 radical (unpaired) electrons. The molecular formula is C24H18N4O8. The molecule has 0 saturated carbocycles. The van der Waals surface area contributed by atoms with E-state index >= 15 is 0 Å². The monoisotopic (exact) mass is 490 g/mol. The molecule has 3 aromatic rings. The third-order valence-electron chi connectivity index (χ3n) is 5.61. The normalized spacial score (nSPS) is 12.3. The van der Waals surface area contributed by atoms with Crippen molar-refractivity contribution >= 4 is 34.8 Å². The summed E-state index contributed by atoms with van der Waals surface area (Å²) in [6.45, 7) is -0.375. The molecule has 1 aliphatic heterocycles. The van der Waals surface area contributed by atoms with Gasteiger partial charge in [-0.25, -0.2) is 0 Å². The molecule has 0 unspecified atom stereocenters. The Morgan fingerprint density at radius 1 is 0.889 bits per heavy atom. The zero-order valence-corrected chi connectivity index (χ0v) is 18.8. The number of nitro benzene ring substituents is 2. The van der Waals surface area contributed by atoms with Crippen LogP contribution in [-0.4, -0.2) is 52.7 Å². The lowest BCUT2D eigenvalue weighted by atomic mass is 10.1. The van der Waals surface area contributed by atoms with Gasteiger partial charge in [0.1, 0.15) is 5.75 Å². The number of ether oxygens (including phenoxy) is 1. The summed E-state index contributed by atoms with van der Waals surface area (Å²) < 4.78 is 5.21. The van der Waals surface area contributed by atoms with Gasteiger partial charge in [0, 0.05) is 37.0 Å². The fraction of sp³-hybridized carbons (Fsp3) is 0.125. The van der Waals surface area contributed by atoms with E-state index in [0.717, 1.165) is 23.1 Å². The maximum absolute atomic E-state index is 13.5. The van der Waals surface area contributed by atoms with Crippen LogP contribution in [0.15, 0.2) is 66.7 Å². The Morgan fingerprint density at radius 2 is 1.47 bits per heavy atom. The SMILES string of the molecule is COc1cccc(N(CCN2C(=O)c3ccccc3C2=O)C(=O)c2cc([N+](=O)[O-])cc([N+](=O)[O-])c2)c1. The zero-order chi connectivity index (χ0) is 26.0. The summed E-state index contributed by atoms with van der Waals surface area (Å²) in [5, 5.41) is 22.6. The highest BCUT2D eigenvalue weighted by Crippen LogP contribution is 2.28. The predicted molar refractivity (Wildman–Crippen MR) is 126 cm³/mol. The Kier molecular flexibility index (Phi) is 6.42. The first-order valence-corrected chi connectivity index (χ1v) is 10.6. The maximum atomic E-state index is 13.5. The van der Waals surface area contributed by atoms with Gasteiger partial charge in [-0.2, -0.15) is 0 Å². The van der Waals surface area contributed by atoms with Crippen molar-refractivity contribution in [3.05, 3.63) is 104 Å². The molecule has 36 heavy (non-hydrogen) atoms. The van der Waals surface area contributed by atoms with Crippen LogP contribution in [0.3, 0.4) is 0 Å². The van der Waals surface area contributed by atoms with Crippen LogP contribution in [0.1, 0.15) is 31.1 Å². The molecule has 0 atom stereocenters. The van der Waals surface area contributed by atoms with Crippen LogP contribution < -0.4 is 9.64 Å². The first-order valence-electron chi connectivity index (χ1n) is 10.6. The molecule has 12 heteroatoms. The molecule has 4 rings (SSSR count). The van der Waals surface area contributed by atoms with Gasteiger partial charge in [-0.15, -0.1) is 0 Å². The molecule has 182 valence electrons. The minimum atomic E-state index is -0.835. The van der Waals surface area contributed by atoms with Crippen LogP contribution in [0.2, 0.25) is 0 Å². The molecule has 0 spiro atoms. The second-order valence-electron chi connectivity index (χ2n) is 7.72. The molecule has 0 bridgehead atoms. The van der Waals surface area contributed by atoms with E-state index in [1.165, 1.54) is 30.2 Å². The van der Waals surface area contributed by atoms with Crippen molar-refractivity contribution in [2.45, 2.75) is 0 Å². The Morgan fingerprint density at radius 3 is 2.00 bits per heavy atom. The van der Waals surface area contributed by atoms with Crippen LogP contribution in [0.5, 0.6) is 5.75 Å². The number of methoxy groups -OCH3 is 1. The van der Waals surface area contributed by atoms with Crippen molar-refractivity contribution in [2.24, 2.45) is 0 Å². The van der Waals surface area contributed by atoms with Crippen LogP contribution in [0.25, 0.3) is 0 Å². The summed E-state index contributed by atoms with van der Waals surface area (Å²) in [6.07, 6.45) is 0. The highest BCUT2D eigenvalue weighted by Gasteiger charge is 2.35. The molecule has 12 nitrogen and oxygen atoms in total. The second-order valence-corrected chi connectivity index (χ2v) is 7.72. The van der Waals surface area contributed by atoms with Gasteiger partial charge in [-0.1, -0.05) is 18.2 Å². The lowest BCUT2D eigenvalue weighted by Gasteiger charge is -2.25. The van der Waals surface area contributed by atoms with Gasteiger partial charge in [-0.05, 0) is 24.3 Å². The fourth-order valence-electron chi connectivity index (χ4n) is 3.85. The van der Waals surface area contributed by atoms with Crippen LogP contribution in [0.4, 0.5) is 17.1 Å². The minimum Gasteiger partial charge on any atom is -0.497 e. The lowest BCUT2D eigenvalue weighted by Crippen LogP contribution is -2.41. The average molecular weight is 490 g/mol. The van der Waals surface area contributed by atoms with E-state index in [0.29, 0.717) is 11.4 Å². The van der Waals surface area contributed by atoms with Crippen LogP contribution in [-0.2, 0) is 0 Å². The van der Waals surface area contributed by atoms with Gasteiger partial charge in [0.25, 0.3) is 29.1 Å². The standard InChI is InChI=1S/C24H18N4O8/c1-36-19-6-4-5-16(14-19)25(9-10-26-23(30)20-7-2-3-8-21(20)24(26)31)22(29)15-11-17(27(32)33)13-18(12-15)28(34)35/h2-8,11-14H,9-10H2,1H3. The molecule has 0 N–H and O–H groups in total. The Balaban J connectivity index is 1.71. The average Bonchev–Trinajstić information content (AvgIpc) is 3.13. The number of non-ortho nitro benzene ring substituents is 2. The Labute approximate surface area is 203 Å². The van der Waals surface area contributed by atoms with Crippen LogP contribution >= 0.6 is 0 Å². The third-order valence-corrected chi connectivity index (χ3v) is 5.61. The highest BCUT2D eigenvalue weighted by molar-refractivity contribution is 6.21. The number of rotatable bonds is 8. The number of anilines is 1. The van der Waals surface area contributed by atoms with E-state index < -0.39 is 38.9 Å². The van der Waals surface area contributed by atoms with E-state index in [9.17, 15) is 34.6 Å². The quantitative estimate of drug-likeness (QED) is 0.264. The van der Waals surface area contributed by atoms with Crippen molar-refractivity contribution in [3.63, 3.8) is 0 Å². The summed E-state index contributed by atoms with van der Waals surface area (Å²) in [5.74, 6) is -1.43. The maximum Gasteiger partial charge on any atom is 0.277 e. The smallest absolute Gasteiger partial charge is 0.277 e. The topological polar surface area (TPSA) is 153 Å². The first kappa shape index (κ1) is 24.0. The summed E-state index contributed by atoms with van der Waals surface area (Å²) in [7, 11) is 1.42. The number of nitrogens with zero attached hydrogens (tertiary/aromatic N) is 4. The van der Waals surface area contributed by atoms with Crippen molar-refractivity contribution in [2.75, 3.05) is 25.1 Å². The molecule has 3 amide bonds. The van der Waals surface area contributed by atoms with Gasteiger partial charge in [-0.3, -0.25) is 39.5 Å². The lowest BCUT2D eigenvalue weighted by molar-refractivity contribution is -0.394. The van der Waals surface area contributed by atoms with Crippen molar-refractivity contribution in [1.82, 2.24) is 4.90 Å². The van der Waals surface area contributed by atoms with Crippen molar-refractivity contribution in [3.8, 4) is 5.75 Å². The van der Waals surface area contributed by atoms with E-state index in [2.05, 4.69) is 0 Å². The number of carbonyl (C=O) groups excluding carboxylic acids is 3. The number of hydrogen-bond donors (Lipinski definition) is 0. The summed E-state index contributed by atoms with van der Waals surface area (Å²) in [4.78, 5) is 62.2. The zero-order valence-electron chi connectivity index (χ0n) is 18.8. The number of carbonyl (C=O) groups is 3. The molecule has 1 aliphatic rings. The number of amides is 3. The van der Waals surface area contributed by atoms with E-state index in [1.807, 2.05) is 0 Å². The molecule has 0 saturated heterocycles. The van der Waals surface area contributed by atoms with E-state index in [-0.39, 0.29) is 29.8 Å². The summed E-state index contributed by atoms with van der Waals surface area (Å²) in [5.41, 5.74) is -0.768. The second kappa shape index (κ2) is 9.62. The number of fused-ring (bicyclic) bond motifs is 1. The van der Waals surface area contributed by atoms with Gasteiger partial charge >= 0.3 is 0 Å². The molecule has 3 aromatic carbocycles. The predicted octanol–water partition coefficient (Wildman–Crippen LogP) is 3.45. The molecule has 0 aliphatic carbocycles. The van der Waals surface area contributed by atoms with Gasteiger partial charge in [0.2, 0.25) is 0 Å². The number of imide groups is 1. The van der Waals surface area contributed by atoms with Crippen molar-refractivity contribution in [1.29, 1.82) is 0 Å². The third kappa shape index (κ3) is 4.46. The largest absolute Gasteiger partial charge is 0.497 e. The summed E-state index contributed by atoms with van der Waals surface area (Å²) >= 11 is 0. The molecule has 0 fully saturated rings. The minimum absolute atomic E-state index is 0.187. The number of benzene rings is 3. The number of nitro groups is 2. The van der Waals surface area contributed by atoms with Crippen molar-refractivity contribution < 1.29 is 29.0 Å². The van der Waals surface area contributed by atoms with Crippen LogP contribution in [0, 0.1) is 20.2 Å². The Hall–Kier alpha value is -5.13. The van der Waals surface area contributed by atoms with Gasteiger partial charge < -0.3 is 9.64 Å². The molecule has 1 heterocycles. The molecule has 0 aromatic heterocycles. The molecular weight excluding hydrogens is 472 g/mol. The fourth-order valence-corrected chi connectivity index (χ4v) is 3.85. The first-order chi connectivity index (χ1) is 17.2.